The van der Waals surface area contributed by atoms with E-state index in [0.717, 1.165) is 5.56 Å². The van der Waals surface area contributed by atoms with Gasteiger partial charge in [-0.25, -0.2) is 8.42 Å². The van der Waals surface area contributed by atoms with Crippen LogP contribution in [0.3, 0.4) is 0 Å². The van der Waals surface area contributed by atoms with Gasteiger partial charge in [-0.2, -0.15) is 0 Å². The second-order valence-electron chi connectivity index (χ2n) is 3.91. The van der Waals surface area contributed by atoms with Gasteiger partial charge in [0.2, 0.25) is 0 Å². The van der Waals surface area contributed by atoms with Crippen molar-refractivity contribution in [2.24, 2.45) is 5.73 Å². The lowest BCUT2D eigenvalue weighted by Gasteiger charge is -2.13. The van der Waals surface area contributed by atoms with Gasteiger partial charge < -0.3 is 10.5 Å². The monoisotopic (exact) mass is 257 g/mol. The van der Waals surface area contributed by atoms with Gasteiger partial charge in [0, 0.05) is 17.4 Å². The summed E-state index contributed by atoms with van der Waals surface area (Å²) in [6, 6.07) is 7.28. The molecule has 0 aliphatic rings. The molecule has 4 nitrogen and oxygen atoms in total. The Morgan fingerprint density at radius 1 is 1.35 bits per heavy atom. The number of sulfone groups is 1. The molecular formula is C12H19NO3S. The van der Waals surface area contributed by atoms with E-state index in [2.05, 4.69) is 0 Å². The van der Waals surface area contributed by atoms with Crippen molar-refractivity contribution in [2.45, 2.75) is 19.9 Å². The maximum atomic E-state index is 11.3. The molecule has 17 heavy (non-hydrogen) atoms. The Balaban J connectivity index is 2.64. The van der Waals surface area contributed by atoms with Crippen molar-refractivity contribution in [3.8, 4) is 5.75 Å². The highest BCUT2D eigenvalue weighted by molar-refractivity contribution is 7.91. The normalized spacial score (nSPS) is 13.4. The Hall–Kier alpha value is -1.07. The number of benzene rings is 1. The fraction of sp³-hybridized carbons (Fsp3) is 0.500. The summed E-state index contributed by atoms with van der Waals surface area (Å²) < 4.78 is 28.1. The topological polar surface area (TPSA) is 69.4 Å². The Kier molecular flexibility index (Phi) is 4.96. The van der Waals surface area contributed by atoms with Gasteiger partial charge in [0.05, 0.1) is 5.75 Å². The summed E-state index contributed by atoms with van der Waals surface area (Å²) in [6.07, 6.45) is 0. The number of hydrogen-bond acceptors (Lipinski definition) is 4. The lowest BCUT2D eigenvalue weighted by Crippen LogP contribution is -2.16. The smallest absolute Gasteiger partial charge is 0.153 e. The minimum Gasteiger partial charge on any atom is -0.492 e. The molecule has 0 aliphatic heterocycles. The van der Waals surface area contributed by atoms with Gasteiger partial charge in [-0.05, 0) is 13.0 Å². The third-order valence-electron chi connectivity index (χ3n) is 2.50. The molecule has 1 atom stereocenters. The zero-order valence-corrected chi connectivity index (χ0v) is 11.0. The molecule has 0 fully saturated rings. The molecule has 0 heterocycles. The molecule has 0 unspecified atom stereocenters. The van der Waals surface area contributed by atoms with E-state index >= 15 is 0 Å². The first kappa shape index (κ1) is 14.0. The van der Waals surface area contributed by atoms with Crippen LogP contribution in [0.1, 0.15) is 25.5 Å². The summed E-state index contributed by atoms with van der Waals surface area (Å²) >= 11 is 0. The molecule has 0 radical (unpaired) electrons. The molecule has 0 aromatic heterocycles. The van der Waals surface area contributed by atoms with Crippen molar-refractivity contribution in [3.05, 3.63) is 29.8 Å². The summed E-state index contributed by atoms with van der Waals surface area (Å²) in [4.78, 5) is 0. The average molecular weight is 257 g/mol. The van der Waals surface area contributed by atoms with Crippen LogP contribution in [0.15, 0.2) is 24.3 Å². The first-order valence-corrected chi connectivity index (χ1v) is 7.46. The van der Waals surface area contributed by atoms with Crippen molar-refractivity contribution in [1.29, 1.82) is 0 Å². The maximum Gasteiger partial charge on any atom is 0.153 e. The van der Waals surface area contributed by atoms with Gasteiger partial charge >= 0.3 is 0 Å². The van der Waals surface area contributed by atoms with Crippen molar-refractivity contribution in [3.63, 3.8) is 0 Å². The van der Waals surface area contributed by atoms with Gasteiger partial charge in [-0.1, -0.05) is 25.1 Å². The second kappa shape index (κ2) is 6.02. The molecule has 0 aliphatic carbocycles. The van der Waals surface area contributed by atoms with Gasteiger partial charge in [0.1, 0.15) is 12.4 Å². The Labute approximate surface area is 103 Å². The predicted octanol–water partition coefficient (Wildman–Crippen LogP) is 1.52. The molecule has 96 valence electrons. The summed E-state index contributed by atoms with van der Waals surface area (Å²) in [5, 5.41) is 0. The van der Waals surface area contributed by atoms with Crippen LogP contribution < -0.4 is 10.5 Å². The van der Waals surface area contributed by atoms with Crippen LogP contribution in [0.2, 0.25) is 0 Å². The highest BCUT2D eigenvalue weighted by Gasteiger charge is 2.10. The summed E-state index contributed by atoms with van der Waals surface area (Å²) in [6.45, 7) is 3.66. The van der Waals surface area contributed by atoms with Crippen molar-refractivity contribution >= 4 is 9.84 Å². The SMILES string of the molecule is CCS(=O)(=O)CCOc1ccccc1[C@H](C)N. The zero-order chi connectivity index (χ0) is 12.9. The number of rotatable bonds is 6. The third-order valence-corrected chi connectivity index (χ3v) is 4.17. The molecule has 2 N–H and O–H groups in total. The van der Waals surface area contributed by atoms with E-state index in [1.807, 2.05) is 25.1 Å². The fourth-order valence-electron chi connectivity index (χ4n) is 1.41. The highest BCUT2D eigenvalue weighted by atomic mass is 32.2. The number of nitrogens with two attached hydrogens (primary N) is 1. The van der Waals surface area contributed by atoms with Crippen molar-refractivity contribution in [2.75, 3.05) is 18.1 Å². The Morgan fingerprint density at radius 2 is 2.00 bits per heavy atom. The molecule has 1 aromatic rings. The van der Waals surface area contributed by atoms with Crippen LogP contribution in [0.5, 0.6) is 5.75 Å². The third kappa shape index (κ3) is 4.36. The van der Waals surface area contributed by atoms with Crippen LogP contribution in [-0.4, -0.2) is 26.5 Å². The minimum absolute atomic E-state index is 0.0385. The van der Waals surface area contributed by atoms with Gasteiger partial charge in [-0.15, -0.1) is 0 Å². The maximum absolute atomic E-state index is 11.3. The van der Waals surface area contributed by atoms with Crippen LogP contribution in [0.4, 0.5) is 0 Å². The van der Waals surface area contributed by atoms with E-state index in [9.17, 15) is 8.42 Å². The summed E-state index contributed by atoms with van der Waals surface area (Å²) in [5.41, 5.74) is 6.69. The Morgan fingerprint density at radius 3 is 2.59 bits per heavy atom. The Bertz CT molecular complexity index is 455. The average Bonchev–Trinajstić information content (AvgIpc) is 2.29. The van der Waals surface area contributed by atoms with Gasteiger partial charge in [0.25, 0.3) is 0 Å². The lowest BCUT2D eigenvalue weighted by molar-refractivity contribution is 0.335. The van der Waals surface area contributed by atoms with Crippen LogP contribution in [0, 0.1) is 0 Å². The van der Waals surface area contributed by atoms with Crippen LogP contribution >= 0.6 is 0 Å². The van der Waals surface area contributed by atoms with E-state index < -0.39 is 9.84 Å². The standard InChI is InChI=1S/C12H19NO3S/c1-3-17(14,15)9-8-16-12-7-5-4-6-11(12)10(2)13/h4-7,10H,3,8-9,13H2,1-2H3/t10-/m0/s1. The van der Waals surface area contributed by atoms with Crippen molar-refractivity contribution in [1.82, 2.24) is 0 Å². The lowest BCUT2D eigenvalue weighted by atomic mass is 10.1. The molecule has 1 aromatic carbocycles. The quantitative estimate of drug-likeness (QED) is 0.839. The van der Waals surface area contributed by atoms with E-state index in [0.29, 0.717) is 5.75 Å². The molecular weight excluding hydrogens is 238 g/mol. The zero-order valence-electron chi connectivity index (χ0n) is 10.2. The molecule has 0 saturated heterocycles. The van der Waals surface area contributed by atoms with E-state index in [1.165, 1.54) is 0 Å². The fourth-order valence-corrected chi connectivity index (χ4v) is 2.04. The van der Waals surface area contributed by atoms with Gasteiger partial charge in [0.15, 0.2) is 9.84 Å². The summed E-state index contributed by atoms with van der Waals surface area (Å²) in [5.74, 6) is 0.844. The van der Waals surface area contributed by atoms with E-state index in [1.54, 1.807) is 13.0 Å². The van der Waals surface area contributed by atoms with E-state index in [-0.39, 0.29) is 24.2 Å². The molecule has 0 saturated carbocycles. The summed E-state index contributed by atoms with van der Waals surface area (Å²) in [7, 11) is -2.98. The molecule has 0 amide bonds. The van der Waals surface area contributed by atoms with Gasteiger partial charge in [-0.3, -0.25) is 0 Å². The van der Waals surface area contributed by atoms with Crippen LogP contribution in [-0.2, 0) is 9.84 Å². The molecule has 5 heteroatoms. The first-order valence-electron chi connectivity index (χ1n) is 5.64. The number of ether oxygens (including phenoxy) is 1. The molecule has 1 rings (SSSR count). The number of para-hydroxylation sites is 1. The number of hydrogen-bond donors (Lipinski definition) is 1. The second-order valence-corrected chi connectivity index (χ2v) is 6.38. The molecule has 0 bridgehead atoms. The van der Waals surface area contributed by atoms with E-state index in [4.69, 9.17) is 10.5 Å². The highest BCUT2D eigenvalue weighted by Crippen LogP contribution is 2.22. The van der Waals surface area contributed by atoms with Crippen LogP contribution in [0.25, 0.3) is 0 Å². The predicted molar refractivity (Wildman–Crippen MR) is 68.9 cm³/mol. The minimum atomic E-state index is -2.98. The first-order chi connectivity index (χ1) is 7.96. The molecule has 0 spiro atoms. The van der Waals surface area contributed by atoms with Crippen molar-refractivity contribution < 1.29 is 13.2 Å². The largest absolute Gasteiger partial charge is 0.492 e.